The Labute approximate surface area is 164 Å². The van der Waals surface area contributed by atoms with Crippen LogP contribution in [0.2, 0.25) is 0 Å². The number of rotatable bonds is 5. The minimum atomic E-state index is -3.59. The van der Waals surface area contributed by atoms with E-state index in [0.29, 0.717) is 16.9 Å². The van der Waals surface area contributed by atoms with Crippen molar-refractivity contribution < 1.29 is 13.2 Å². The first-order valence-corrected chi connectivity index (χ1v) is 10.1. The van der Waals surface area contributed by atoms with Crippen molar-refractivity contribution in [2.24, 2.45) is 0 Å². The van der Waals surface area contributed by atoms with Gasteiger partial charge in [-0.3, -0.25) is 4.79 Å². The Kier molecular flexibility index (Phi) is 5.35. The predicted octanol–water partition coefficient (Wildman–Crippen LogP) is 2.99. The molecule has 146 valence electrons. The van der Waals surface area contributed by atoms with Crippen LogP contribution in [0.5, 0.6) is 0 Å². The van der Waals surface area contributed by atoms with Crippen LogP contribution >= 0.6 is 0 Å². The second-order valence-corrected chi connectivity index (χ2v) is 8.76. The van der Waals surface area contributed by atoms with Crippen molar-refractivity contribution in [3.8, 4) is 5.69 Å². The summed E-state index contributed by atoms with van der Waals surface area (Å²) < 4.78 is 27.6. The van der Waals surface area contributed by atoms with Gasteiger partial charge in [0.15, 0.2) is 0 Å². The van der Waals surface area contributed by atoms with Crippen LogP contribution in [0.4, 0.5) is 5.69 Å². The second-order valence-electron chi connectivity index (χ2n) is 6.61. The first kappa shape index (κ1) is 19.8. The number of aryl methyl sites for hydroxylation is 1. The van der Waals surface area contributed by atoms with Crippen molar-refractivity contribution in [3.05, 3.63) is 71.5 Å². The summed E-state index contributed by atoms with van der Waals surface area (Å²) in [6.07, 6.45) is 1.51. The molecular weight excluding hydrogens is 376 g/mol. The molecule has 2 aromatic carbocycles. The lowest BCUT2D eigenvalue weighted by Crippen LogP contribution is -2.22. The number of benzene rings is 2. The molecule has 0 aliphatic rings. The number of aromatic nitrogens is 2. The van der Waals surface area contributed by atoms with E-state index in [1.54, 1.807) is 10.7 Å². The second kappa shape index (κ2) is 7.57. The first-order chi connectivity index (χ1) is 13.2. The molecule has 1 N–H and O–H groups in total. The molecule has 0 radical (unpaired) electrons. The van der Waals surface area contributed by atoms with Crippen LogP contribution in [-0.4, -0.2) is 42.5 Å². The van der Waals surface area contributed by atoms with Crippen LogP contribution in [0, 0.1) is 13.8 Å². The van der Waals surface area contributed by atoms with E-state index in [9.17, 15) is 13.2 Å². The first-order valence-electron chi connectivity index (χ1n) is 8.66. The van der Waals surface area contributed by atoms with Crippen molar-refractivity contribution in [3.63, 3.8) is 0 Å². The fourth-order valence-electron chi connectivity index (χ4n) is 2.76. The maximum atomic E-state index is 12.8. The number of sulfonamides is 1. The Morgan fingerprint density at radius 1 is 1.07 bits per heavy atom. The largest absolute Gasteiger partial charge is 0.322 e. The summed E-state index contributed by atoms with van der Waals surface area (Å²) in [5.41, 5.74) is 3.18. The number of nitrogens with one attached hydrogen (secondary N) is 1. The maximum Gasteiger partial charge on any atom is 0.259 e. The minimum absolute atomic E-state index is 0.120. The summed E-state index contributed by atoms with van der Waals surface area (Å²) in [5.74, 6) is -0.345. The minimum Gasteiger partial charge on any atom is -0.322 e. The standard InChI is InChI=1S/C20H22N4O3S/c1-14-10-11-17(28(26,27)23(3)4)12-19(14)22-20(25)18-13-21-24(15(18)2)16-8-6-5-7-9-16/h5-13H,1-4H3,(H,22,25). The molecule has 3 aromatic rings. The van der Waals surface area contributed by atoms with Gasteiger partial charge in [-0.15, -0.1) is 0 Å². The van der Waals surface area contributed by atoms with Gasteiger partial charge in [0, 0.05) is 19.8 Å². The molecule has 0 aliphatic heterocycles. The lowest BCUT2D eigenvalue weighted by molar-refractivity contribution is 0.102. The van der Waals surface area contributed by atoms with E-state index in [-0.39, 0.29) is 10.8 Å². The molecule has 3 rings (SSSR count). The summed E-state index contributed by atoms with van der Waals surface area (Å²) in [5, 5.41) is 7.11. The Hall–Kier alpha value is -2.97. The van der Waals surface area contributed by atoms with E-state index in [1.165, 1.54) is 32.4 Å². The molecule has 28 heavy (non-hydrogen) atoms. The lowest BCUT2D eigenvalue weighted by atomic mass is 10.2. The zero-order chi connectivity index (χ0) is 20.5. The molecule has 0 aliphatic carbocycles. The van der Waals surface area contributed by atoms with E-state index in [0.717, 1.165) is 15.6 Å². The lowest BCUT2D eigenvalue weighted by Gasteiger charge is -2.14. The van der Waals surface area contributed by atoms with Crippen LogP contribution < -0.4 is 5.32 Å². The molecule has 0 bridgehead atoms. The fraction of sp³-hybridized carbons (Fsp3) is 0.200. The Morgan fingerprint density at radius 2 is 1.75 bits per heavy atom. The molecule has 0 saturated heterocycles. The highest BCUT2D eigenvalue weighted by Crippen LogP contribution is 2.23. The highest BCUT2D eigenvalue weighted by Gasteiger charge is 2.20. The predicted molar refractivity (Wildman–Crippen MR) is 108 cm³/mol. The number of hydrogen-bond acceptors (Lipinski definition) is 4. The molecule has 1 amide bonds. The van der Waals surface area contributed by atoms with Gasteiger partial charge >= 0.3 is 0 Å². The smallest absolute Gasteiger partial charge is 0.259 e. The highest BCUT2D eigenvalue weighted by molar-refractivity contribution is 7.89. The number of anilines is 1. The zero-order valence-electron chi connectivity index (χ0n) is 16.2. The number of carbonyl (C=O) groups is 1. The third-order valence-electron chi connectivity index (χ3n) is 4.49. The van der Waals surface area contributed by atoms with Gasteiger partial charge < -0.3 is 5.32 Å². The maximum absolute atomic E-state index is 12.8. The Balaban J connectivity index is 1.91. The normalized spacial score (nSPS) is 11.6. The van der Waals surface area contributed by atoms with Crippen LogP contribution in [0.25, 0.3) is 5.69 Å². The van der Waals surface area contributed by atoms with Crippen molar-refractivity contribution in [2.75, 3.05) is 19.4 Å². The van der Waals surface area contributed by atoms with Gasteiger partial charge in [0.1, 0.15) is 0 Å². The van der Waals surface area contributed by atoms with E-state index in [1.807, 2.05) is 44.2 Å². The van der Waals surface area contributed by atoms with Gasteiger partial charge in [0.25, 0.3) is 5.91 Å². The summed E-state index contributed by atoms with van der Waals surface area (Å²) in [7, 11) is -0.657. The molecule has 1 aromatic heterocycles. The molecule has 0 atom stereocenters. The third-order valence-corrected chi connectivity index (χ3v) is 6.30. The van der Waals surface area contributed by atoms with Crippen molar-refractivity contribution in [1.29, 1.82) is 0 Å². The summed E-state index contributed by atoms with van der Waals surface area (Å²) in [4.78, 5) is 12.9. The SMILES string of the molecule is Cc1ccc(S(=O)(=O)N(C)C)cc1NC(=O)c1cnn(-c2ccccc2)c1C. The molecule has 0 fully saturated rings. The summed E-state index contributed by atoms with van der Waals surface area (Å²) >= 11 is 0. The van der Waals surface area contributed by atoms with E-state index in [4.69, 9.17) is 0 Å². The molecule has 0 unspecified atom stereocenters. The van der Waals surface area contributed by atoms with Gasteiger partial charge in [0.05, 0.1) is 28.0 Å². The number of para-hydroxylation sites is 1. The molecule has 1 heterocycles. The summed E-state index contributed by atoms with van der Waals surface area (Å²) in [6, 6.07) is 14.2. The van der Waals surface area contributed by atoms with E-state index >= 15 is 0 Å². The van der Waals surface area contributed by atoms with Crippen molar-refractivity contribution in [1.82, 2.24) is 14.1 Å². The highest BCUT2D eigenvalue weighted by atomic mass is 32.2. The van der Waals surface area contributed by atoms with E-state index in [2.05, 4.69) is 10.4 Å². The van der Waals surface area contributed by atoms with Gasteiger partial charge in [-0.1, -0.05) is 24.3 Å². The monoisotopic (exact) mass is 398 g/mol. The van der Waals surface area contributed by atoms with Gasteiger partial charge in [-0.05, 0) is 43.7 Å². The number of carbonyl (C=O) groups excluding carboxylic acids is 1. The average Bonchev–Trinajstić information content (AvgIpc) is 3.05. The Morgan fingerprint density at radius 3 is 2.39 bits per heavy atom. The number of nitrogens with zero attached hydrogens (tertiary/aromatic N) is 3. The van der Waals surface area contributed by atoms with Crippen LogP contribution in [0.1, 0.15) is 21.6 Å². The third kappa shape index (κ3) is 3.69. The van der Waals surface area contributed by atoms with Crippen LogP contribution in [0.3, 0.4) is 0 Å². The van der Waals surface area contributed by atoms with Gasteiger partial charge in [0.2, 0.25) is 10.0 Å². The quantitative estimate of drug-likeness (QED) is 0.716. The topological polar surface area (TPSA) is 84.3 Å². The Bertz CT molecular complexity index is 1120. The molecule has 0 saturated carbocycles. The molecular formula is C20H22N4O3S. The van der Waals surface area contributed by atoms with Crippen LogP contribution in [0.15, 0.2) is 59.6 Å². The average molecular weight is 398 g/mol. The molecule has 0 spiro atoms. The van der Waals surface area contributed by atoms with Crippen LogP contribution in [-0.2, 0) is 10.0 Å². The molecule has 8 heteroatoms. The number of amides is 1. The summed E-state index contributed by atoms with van der Waals surface area (Å²) in [6.45, 7) is 3.62. The fourth-order valence-corrected chi connectivity index (χ4v) is 3.69. The van der Waals surface area contributed by atoms with E-state index < -0.39 is 10.0 Å². The molecule has 7 nitrogen and oxygen atoms in total. The van der Waals surface area contributed by atoms with Gasteiger partial charge in [-0.25, -0.2) is 17.4 Å². The van der Waals surface area contributed by atoms with Gasteiger partial charge in [-0.2, -0.15) is 5.10 Å². The van der Waals surface area contributed by atoms with Crippen molar-refractivity contribution >= 4 is 21.6 Å². The number of hydrogen-bond donors (Lipinski definition) is 1. The zero-order valence-corrected chi connectivity index (χ0v) is 17.0. The van der Waals surface area contributed by atoms with Crippen molar-refractivity contribution in [2.45, 2.75) is 18.7 Å².